The Labute approximate surface area is 229 Å². The molecule has 1 aromatic heterocycles. The number of amidine groups is 1. The van der Waals surface area contributed by atoms with Gasteiger partial charge in [-0.2, -0.15) is 0 Å². The van der Waals surface area contributed by atoms with Gasteiger partial charge in [0.05, 0.1) is 21.2 Å². The Bertz CT molecular complexity index is 1560. The van der Waals surface area contributed by atoms with E-state index in [2.05, 4.69) is 0 Å². The largest absolute Gasteiger partial charge is 0.478 e. The van der Waals surface area contributed by atoms with Crippen LogP contribution in [0.4, 0.5) is 5.69 Å². The van der Waals surface area contributed by atoms with Crippen LogP contribution in [-0.4, -0.2) is 33.6 Å². The number of hydrogen-bond donors (Lipinski definition) is 1. The second-order valence-electron chi connectivity index (χ2n) is 8.73. The van der Waals surface area contributed by atoms with Crippen molar-refractivity contribution in [1.29, 1.82) is 0 Å². The first kappa shape index (κ1) is 25.6. The van der Waals surface area contributed by atoms with E-state index in [1.165, 1.54) is 23.9 Å². The van der Waals surface area contributed by atoms with Crippen LogP contribution in [0.15, 0.2) is 99.2 Å². The first-order chi connectivity index (χ1) is 18.4. The minimum atomic E-state index is -1.12. The summed E-state index contributed by atoms with van der Waals surface area (Å²) in [5.41, 5.74) is 3.61. The maximum Gasteiger partial charge on any atom is 0.337 e. The summed E-state index contributed by atoms with van der Waals surface area (Å²) < 4.78 is 5.95. The van der Waals surface area contributed by atoms with Gasteiger partial charge < -0.3 is 9.52 Å². The molecule has 8 heteroatoms. The molecule has 1 N–H and O–H groups in total. The van der Waals surface area contributed by atoms with Crippen LogP contribution in [0.3, 0.4) is 0 Å². The fraction of sp³-hybridized carbons (Fsp3) is 0.100. The van der Waals surface area contributed by atoms with Gasteiger partial charge in [-0.1, -0.05) is 59.6 Å². The SMILES string of the molecule is Cc1ccc(N=C2S/C(=C/c3ccc(-c4ccc(Cl)c(C(=O)O)c4)o3)C(=O)N2CCc2ccccc2)cc1. The lowest BCUT2D eigenvalue weighted by molar-refractivity contribution is -0.122. The van der Waals surface area contributed by atoms with Crippen LogP contribution in [0, 0.1) is 6.92 Å². The van der Waals surface area contributed by atoms with Crippen LogP contribution in [0.2, 0.25) is 5.02 Å². The molecule has 2 heterocycles. The van der Waals surface area contributed by atoms with Crippen LogP contribution in [0.1, 0.15) is 27.2 Å². The number of carbonyl (C=O) groups is 2. The second kappa shape index (κ2) is 11.1. The number of amides is 1. The number of hydrogen-bond acceptors (Lipinski definition) is 5. The van der Waals surface area contributed by atoms with Crippen LogP contribution in [0.5, 0.6) is 0 Å². The van der Waals surface area contributed by atoms with Gasteiger partial charge in [0.25, 0.3) is 5.91 Å². The van der Waals surface area contributed by atoms with Crippen molar-refractivity contribution in [2.24, 2.45) is 4.99 Å². The van der Waals surface area contributed by atoms with Gasteiger partial charge in [0.2, 0.25) is 0 Å². The average Bonchev–Trinajstić information content (AvgIpc) is 3.49. The predicted octanol–water partition coefficient (Wildman–Crippen LogP) is 7.45. The van der Waals surface area contributed by atoms with Gasteiger partial charge in [0, 0.05) is 18.2 Å². The molecule has 1 saturated heterocycles. The van der Waals surface area contributed by atoms with E-state index in [1.54, 1.807) is 29.2 Å². The van der Waals surface area contributed by atoms with Crippen LogP contribution < -0.4 is 0 Å². The van der Waals surface area contributed by atoms with Gasteiger partial charge in [0.1, 0.15) is 11.5 Å². The maximum atomic E-state index is 13.5. The molecule has 6 nitrogen and oxygen atoms in total. The van der Waals surface area contributed by atoms with E-state index in [0.29, 0.717) is 40.1 Å². The average molecular weight is 543 g/mol. The van der Waals surface area contributed by atoms with Crippen molar-refractivity contribution in [2.45, 2.75) is 13.3 Å². The fourth-order valence-electron chi connectivity index (χ4n) is 3.96. The molecule has 4 aromatic rings. The molecule has 0 aliphatic carbocycles. The highest BCUT2D eigenvalue weighted by Gasteiger charge is 2.33. The number of benzene rings is 3. The third-order valence-electron chi connectivity index (χ3n) is 6.00. The third-order valence-corrected chi connectivity index (χ3v) is 7.33. The van der Waals surface area contributed by atoms with Crippen molar-refractivity contribution in [1.82, 2.24) is 4.90 Å². The first-order valence-corrected chi connectivity index (χ1v) is 13.1. The van der Waals surface area contributed by atoms with Gasteiger partial charge in [-0.15, -0.1) is 0 Å². The summed E-state index contributed by atoms with van der Waals surface area (Å²) in [5, 5.41) is 10.1. The molecule has 0 atom stereocenters. The normalized spacial score (nSPS) is 15.5. The van der Waals surface area contributed by atoms with E-state index < -0.39 is 5.97 Å². The maximum absolute atomic E-state index is 13.5. The zero-order valence-electron chi connectivity index (χ0n) is 20.4. The van der Waals surface area contributed by atoms with E-state index in [9.17, 15) is 14.7 Å². The number of aryl methyl sites for hydroxylation is 1. The van der Waals surface area contributed by atoms with Gasteiger partial charge >= 0.3 is 5.97 Å². The first-order valence-electron chi connectivity index (χ1n) is 11.9. The Morgan fingerprint density at radius 3 is 2.55 bits per heavy atom. The lowest BCUT2D eigenvalue weighted by atomic mass is 10.1. The van der Waals surface area contributed by atoms with Crippen LogP contribution >= 0.6 is 23.4 Å². The van der Waals surface area contributed by atoms with Crippen molar-refractivity contribution in [3.05, 3.63) is 117 Å². The summed E-state index contributed by atoms with van der Waals surface area (Å²) in [6.07, 6.45) is 2.39. The molecule has 190 valence electrons. The molecular weight excluding hydrogens is 520 g/mol. The van der Waals surface area contributed by atoms with Crippen molar-refractivity contribution in [2.75, 3.05) is 6.54 Å². The monoisotopic (exact) mass is 542 g/mol. The van der Waals surface area contributed by atoms with E-state index in [0.717, 1.165) is 16.8 Å². The number of aromatic carboxylic acids is 1. The highest BCUT2D eigenvalue weighted by atomic mass is 35.5. The summed E-state index contributed by atoms with van der Waals surface area (Å²) in [6.45, 7) is 2.51. The lowest BCUT2D eigenvalue weighted by Gasteiger charge is -2.15. The molecule has 0 unspecified atom stereocenters. The summed E-state index contributed by atoms with van der Waals surface area (Å²) >= 11 is 7.30. The number of carboxylic acid groups (broad SMARTS) is 1. The lowest BCUT2D eigenvalue weighted by Crippen LogP contribution is -2.31. The molecule has 1 aliphatic heterocycles. The predicted molar refractivity (Wildman–Crippen MR) is 152 cm³/mol. The number of thioether (sulfide) groups is 1. The molecule has 1 amide bonds. The van der Waals surface area contributed by atoms with Crippen molar-refractivity contribution in [3.8, 4) is 11.3 Å². The van der Waals surface area contributed by atoms with Crippen molar-refractivity contribution in [3.63, 3.8) is 0 Å². The van der Waals surface area contributed by atoms with Crippen molar-refractivity contribution < 1.29 is 19.1 Å². The van der Waals surface area contributed by atoms with Crippen LogP contribution in [-0.2, 0) is 11.2 Å². The zero-order valence-corrected chi connectivity index (χ0v) is 22.0. The molecule has 3 aromatic carbocycles. The quantitative estimate of drug-likeness (QED) is 0.245. The standard InChI is InChI=1S/C30H23ClN2O4S/c1-19-7-10-22(11-8-19)32-30-33(16-15-20-5-3-2-4-6-20)28(34)27(38-30)18-23-12-14-26(37-23)21-9-13-25(31)24(17-21)29(35)36/h2-14,17-18H,15-16H2,1H3,(H,35,36)/b27-18+,32-30?. The van der Waals surface area contributed by atoms with Gasteiger partial charge in [-0.25, -0.2) is 9.79 Å². The van der Waals surface area contributed by atoms with Gasteiger partial charge in [-0.05, 0) is 73.1 Å². The van der Waals surface area contributed by atoms with E-state index >= 15 is 0 Å². The molecule has 0 bridgehead atoms. The molecular formula is C30H23ClN2O4S. The Kier molecular flexibility index (Phi) is 7.49. The van der Waals surface area contributed by atoms with Crippen molar-refractivity contribution >= 4 is 52.2 Å². The summed E-state index contributed by atoms with van der Waals surface area (Å²) in [7, 11) is 0. The molecule has 1 fully saturated rings. The topological polar surface area (TPSA) is 83.1 Å². The number of aliphatic imine (C=N–C) groups is 1. The Balaban J connectivity index is 1.43. The number of carboxylic acids is 1. The van der Waals surface area contributed by atoms with E-state index in [-0.39, 0.29) is 16.5 Å². The third kappa shape index (κ3) is 5.74. The smallest absolute Gasteiger partial charge is 0.337 e. The summed E-state index contributed by atoms with van der Waals surface area (Å²) in [5.74, 6) is -0.313. The minimum absolute atomic E-state index is 0.00647. The molecule has 1 aliphatic rings. The van der Waals surface area contributed by atoms with E-state index in [1.807, 2.05) is 61.5 Å². The number of halogens is 1. The summed E-state index contributed by atoms with van der Waals surface area (Å²) in [4.78, 5) is 31.9. The molecule has 0 spiro atoms. The number of rotatable bonds is 7. The Hall–Kier alpha value is -4.07. The number of nitrogens with zero attached hydrogens (tertiary/aromatic N) is 2. The molecule has 0 saturated carbocycles. The van der Waals surface area contributed by atoms with Gasteiger partial charge in [0.15, 0.2) is 5.17 Å². The van der Waals surface area contributed by atoms with Crippen LogP contribution in [0.25, 0.3) is 17.4 Å². The molecule has 5 rings (SSSR count). The second-order valence-corrected chi connectivity index (χ2v) is 10.2. The number of carbonyl (C=O) groups excluding carboxylic acids is 1. The summed E-state index contributed by atoms with van der Waals surface area (Å²) in [6, 6.07) is 26.0. The minimum Gasteiger partial charge on any atom is -0.478 e. The molecule has 0 radical (unpaired) electrons. The van der Waals surface area contributed by atoms with E-state index in [4.69, 9.17) is 21.0 Å². The number of furan rings is 1. The highest BCUT2D eigenvalue weighted by molar-refractivity contribution is 8.18. The van der Waals surface area contributed by atoms with Gasteiger partial charge in [-0.3, -0.25) is 9.69 Å². The zero-order chi connectivity index (χ0) is 26.6. The Morgan fingerprint density at radius 1 is 1.05 bits per heavy atom. The fourth-order valence-corrected chi connectivity index (χ4v) is 5.16. The Morgan fingerprint density at radius 2 is 1.82 bits per heavy atom. The molecule has 38 heavy (non-hydrogen) atoms. The highest BCUT2D eigenvalue weighted by Crippen LogP contribution is 2.35.